The number of aromatic nitrogens is 1. The zero-order valence-electron chi connectivity index (χ0n) is 14.4. The Kier molecular flexibility index (Phi) is 5.49. The second kappa shape index (κ2) is 8.19. The molecule has 0 aliphatic rings. The Hall–Kier alpha value is -2.59. The third-order valence-electron chi connectivity index (χ3n) is 4.00. The van der Waals surface area contributed by atoms with Gasteiger partial charge in [0.2, 0.25) is 5.89 Å². The minimum atomic E-state index is 0.422. The van der Waals surface area contributed by atoms with Crippen molar-refractivity contribution >= 4 is 63.9 Å². The monoisotopic (exact) mass is 426 g/mol. The van der Waals surface area contributed by atoms with E-state index in [2.05, 4.69) is 9.98 Å². The zero-order valence-corrected chi connectivity index (χ0v) is 16.7. The van der Waals surface area contributed by atoms with Crippen LogP contribution in [0.25, 0.3) is 28.6 Å². The van der Waals surface area contributed by atoms with Crippen molar-refractivity contribution in [1.29, 1.82) is 0 Å². The molecule has 6 heteroatoms. The first kappa shape index (κ1) is 18.8. The highest BCUT2D eigenvalue weighted by molar-refractivity contribution is 6.35. The lowest BCUT2D eigenvalue weighted by atomic mass is 10.2. The number of fused-ring (bicyclic) bond motifs is 1. The van der Waals surface area contributed by atoms with E-state index in [0.717, 1.165) is 11.3 Å². The summed E-state index contributed by atoms with van der Waals surface area (Å²) in [6.07, 6.45) is 5.55. The van der Waals surface area contributed by atoms with Crippen LogP contribution in [0.15, 0.2) is 76.1 Å². The van der Waals surface area contributed by atoms with Gasteiger partial charge in [0.25, 0.3) is 0 Å². The molecule has 0 saturated carbocycles. The molecule has 0 atom stereocenters. The van der Waals surface area contributed by atoms with Gasteiger partial charge >= 0.3 is 0 Å². The van der Waals surface area contributed by atoms with E-state index in [0.29, 0.717) is 37.6 Å². The average molecular weight is 428 g/mol. The number of hydrogen-bond donors (Lipinski definition) is 0. The van der Waals surface area contributed by atoms with Crippen molar-refractivity contribution in [2.45, 2.75) is 0 Å². The molecule has 138 valence electrons. The van der Waals surface area contributed by atoms with E-state index in [4.69, 9.17) is 39.2 Å². The molecular formula is C22H13Cl3N2O. The summed E-state index contributed by atoms with van der Waals surface area (Å²) in [5.41, 5.74) is 3.82. The first-order valence-electron chi connectivity index (χ1n) is 8.41. The van der Waals surface area contributed by atoms with Gasteiger partial charge in [0.05, 0.1) is 16.3 Å². The van der Waals surface area contributed by atoms with Crippen molar-refractivity contribution in [3.8, 4) is 11.5 Å². The zero-order chi connectivity index (χ0) is 19.5. The van der Waals surface area contributed by atoms with Gasteiger partial charge in [-0.3, -0.25) is 4.99 Å². The first-order chi connectivity index (χ1) is 13.6. The van der Waals surface area contributed by atoms with Crippen LogP contribution in [0.2, 0.25) is 15.1 Å². The van der Waals surface area contributed by atoms with Crippen molar-refractivity contribution in [1.82, 2.24) is 4.98 Å². The summed E-state index contributed by atoms with van der Waals surface area (Å²) in [7, 11) is 0. The van der Waals surface area contributed by atoms with E-state index < -0.39 is 0 Å². The third-order valence-corrected chi connectivity index (χ3v) is 4.81. The SMILES string of the molecule is Clc1ccc(C=CC=Nc2ccc3oc(-c4cc(Cl)ccc4Cl)nc3c2)cc1. The Bertz CT molecular complexity index is 1190. The maximum absolute atomic E-state index is 6.24. The van der Waals surface area contributed by atoms with Gasteiger partial charge in [-0.05, 0) is 60.2 Å². The van der Waals surface area contributed by atoms with E-state index in [9.17, 15) is 0 Å². The summed E-state index contributed by atoms with van der Waals surface area (Å²) in [6, 6.07) is 18.3. The Morgan fingerprint density at radius 2 is 1.64 bits per heavy atom. The van der Waals surface area contributed by atoms with Gasteiger partial charge in [-0.15, -0.1) is 0 Å². The summed E-state index contributed by atoms with van der Waals surface area (Å²) in [5, 5.41) is 1.81. The van der Waals surface area contributed by atoms with E-state index >= 15 is 0 Å². The standard InChI is InChI=1S/C22H13Cl3N2O/c23-15-5-3-14(4-6-15)2-1-11-26-17-8-10-21-20(13-17)27-22(28-21)18-12-16(24)7-9-19(18)25/h1-13H. The molecular weight excluding hydrogens is 415 g/mol. The van der Waals surface area contributed by atoms with Crippen molar-refractivity contribution in [3.05, 3.63) is 87.4 Å². The molecule has 0 saturated heterocycles. The number of nitrogens with zero attached hydrogens (tertiary/aromatic N) is 2. The largest absolute Gasteiger partial charge is 0.436 e. The molecule has 1 heterocycles. The number of benzene rings is 3. The minimum Gasteiger partial charge on any atom is -0.436 e. The molecule has 4 aromatic rings. The first-order valence-corrected chi connectivity index (χ1v) is 9.54. The summed E-state index contributed by atoms with van der Waals surface area (Å²) < 4.78 is 5.81. The number of hydrogen-bond acceptors (Lipinski definition) is 3. The van der Waals surface area contributed by atoms with Crippen LogP contribution >= 0.6 is 34.8 Å². The maximum atomic E-state index is 6.24. The summed E-state index contributed by atoms with van der Waals surface area (Å²) in [6.45, 7) is 0. The van der Waals surface area contributed by atoms with Crippen LogP contribution in [-0.4, -0.2) is 11.2 Å². The number of halogens is 3. The van der Waals surface area contributed by atoms with E-state index in [1.54, 1.807) is 24.4 Å². The Labute approximate surface area is 176 Å². The molecule has 3 nitrogen and oxygen atoms in total. The number of aliphatic imine (C=N–C) groups is 1. The van der Waals surface area contributed by atoms with Gasteiger partial charge in [-0.2, -0.15) is 0 Å². The fourth-order valence-electron chi connectivity index (χ4n) is 2.63. The molecule has 0 radical (unpaired) electrons. The van der Waals surface area contributed by atoms with Gasteiger partial charge in [-0.25, -0.2) is 4.98 Å². The third kappa shape index (κ3) is 4.28. The lowest BCUT2D eigenvalue weighted by molar-refractivity contribution is 0.620. The maximum Gasteiger partial charge on any atom is 0.228 e. The van der Waals surface area contributed by atoms with Crippen molar-refractivity contribution in [2.75, 3.05) is 0 Å². The van der Waals surface area contributed by atoms with Crippen LogP contribution in [0.4, 0.5) is 5.69 Å². The molecule has 0 spiro atoms. The molecule has 0 aliphatic carbocycles. The smallest absolute Gasteiger partial charge is 0.228 e. The van der Waals surface area contributed by atoms with Crippen LogP contribution in [0, 0.1) is 0 Å². The van der Waals surface area contributed by atoms with E-state index in [1.165, 1.54) is 0 Å². The quantitative estimate of drug-likeness (QED) is 0.311. The molecule has 0 bridgehead atoms. The molecule has 0 fully saturated rings. The molecule has 0 N–H and O–H groups in total. The molecule has 0 aliphatic heterocycles. The second-order valence-electron chi connectivity index (χ2n) is 5.98. The Balaban J connectivity index is 1.56. The van der Waals surface area contributed by atoms with E-state index in [-0.39, 0.29) is 0 Å². The number of oxazole rings is 1. The van der Waals surface area contributed by atoms with Gasteiger partial charge in [-0.1, -0.05) is 53.0 Å². The van der Waals surface area contributed by atoms with Crippen molar-refractivity contribution in [3.63, 3.8) is 0 Å². The highest BCUT2D eigenvalue weighted by atomic mass is 35.5. The molecule has 28 heavy (non-hydrogen) atoms. The van der Waals surface area contributed by atoms with E-state index in [1.807, 2.05) is 54.6 Å². The lowest BCUT2D eigenvalue weighted by Crippen LogP contribution is -1.79. The van der Waals surface area contributed by atoms with Gasteiger partial charge in [0, 0.05) is 16.3 Å². The summed E-state index contributed by atoms with van der Waals surface area (Å²) in [4.78, 5) is 8.95. The van der Waals surface area contributed by atoms with Crippen LogP contribution in [0.3, 0.4) is 0 Å². The molecule has 0 amide bonds. The minimum absolute atomic E-state index is 0.422. The molecule has 1 aromatic heterocycles. The van der Waals surface area contributed by atoms with Crippen LogP contribution < -0.4 is 0 Å². The van der Waals surface area contributed by atoms with Crippen LogP contribution in [0.5, 0.6) is 0 Å². The highest BCUT2D eigenvalue weighted by Crippen LogP contribution is 2.33. The summed E-state index contributed by atoms with van der Waals surface area (Å²) in [5.74, 6) is 0.422. The fraction of sp³-hybridized carbons (Fsp3) is 0. The topological polar surface area (TPSA) is 38.4 Å². The van der Waals surface area contributed by atoms with Gasteiger partial charge < -0.3 is 4.42 Å². The van der Waals surface area contributed by atoms with Crippen molar-refractivity contribution in [2.24, 2.45) is 4.99 Å². The van der Waals surface area contributed by atoms with Gasteiger partial charge in [0.1, 0.15) is 5.52 Å². The molecule has 3 aromatic carbocycles. The number of rotatable bonds is 4. The molecule has 4 rings (SSSR count). The lowest BCUT2D eigenvalue weighted by Gasteiger charge is -1.99. The molecule has 0 unspecified atom stereocenters. The predicted octanol–water partition coefficient (Wildman–Crippen LogP) is 7.87. The number of allylic oxidation sites excluding steroid dienone is 1. The van der Waals surface area contributed by atoms with Crippen LogP contribution in [-0.2, 0) is 0 Å². The van der Waals surface area contributed by atoms with Crippen molar-refractivity contribution < 1.29 is 4.42 Å². The second-order valence-corrected chi connectivity index (χ2v) is 7.26. The van der Waals surface area contributed by atoms with Gasteiger partial charge in [0.15, 0.2) is 5.58 Å². The predicted molar refractivity (Wildman–Crippen MR) is 118 cm³/mol. The average Bonchev–Trinajstić information content (AvgIpc) is 3.11. The highest BCUT2D eigenvalue weighted by Gasteiger charge is 2.12. The normalized spacial score (nSPS) is 11.8. The Morgan fingerprint density at radius 1 is 0.857 bits per heavy atom. The fourth-order valence-corrected chi connectivity index (χ4v) is 3.13. The van der Waals surface area contributed by atoms with Crippen LogP contribution in [0.1, 0.15) is 5.56 Å². The Morgan fingerprint density at radius 3 is 2.46 bits per heavy atom. The summed E-state index contributed by atoms with van der Waals surface area (Å²) >= 11 is 18.2.